The first kappa shape index (κ1) is 11.9. The minimum Gasteiger partial charge on any atom is -0.484 e. The maximum Gasteiger partial charge on any atom is 0.178 e. The van der Waals surface area contributed by atoms with Gasteiger partial charge in [0.15, 0.2) is 11.6 Å². The van der Waals surface area contributed by atoms with E-state index in [0.717, 1.165) is 10.0 Å². The molecule has 0 spiro atoms. The Morgan fingerprint density at radius 3 is 2.65 bits per heavy atom. The largest absolute Gasteiger partial charge is 0.484 e. The van der Waals surface area contributed by atoms with Gasteiger partial charge in [-0.15, -0.1) is 0 Å². The van der Waals surface area contributed by atoms with Crippen LogP contribution >= 0.6 is 15.9 Å². The molecule has 2 aromatic rings. The number of ether oxygens (including phenoxy) is 1. The molecule has 17 heavy (non-hydrogen) atoms. The van der Waals surface area contributed by atoms with E-state index in [1.165, 1.54) is 6.07 Å². The molecule has 4 heteroatoms. The summed E-state index contributed by atoms with van der Waals surface area (Å²) in [5, 5.41) is 0. The monoisotopic (exact) mass is 295 g/mol. The molecule has 2 aromatic carbocycles. The summed E-state index contributed by atoms with van der Waals surface area (Å²) in [4.78, 5) is 0. The summed E-state index contributed by atoms with van der Waals surface area (Å²) in [6, 6.07) is 12.1. The fourth-order valence-corrected chi connectivity index (χ4v) is 1.91. The van der Waals surface area contributed by atoms with E-state index in [1.54, 1.807) is 12.1 Å². The van der Waals surface area contributed by atoms with Gasteiger partial charge < -0.3 is 10.5 Å². The molecule has 0 amide bonds. The topological polar surface area (TPSA) is 35.2 Å². The highest BCUT2D eigenvalue weighted by Gasteiger charge is 2.07. The number of nitrogens with two attached hydrogens (primary N) is 1. The zero-order valence-electron chi connectivity index (χ0n) is 8.99. The molecule has 2 nitrogen and oxygen atoms in total. The van der Waals surface area contributed by atoms with Crippen molar-refractivity contribution < 1.29 is 9.13 Å². The van der Waals surface area contributed by atoms with Gasteiger partial charge in [0.25, 0.3) is 0 Å². The van der Waals surface area contributed by atoms with Crippen molar-refractivity contribution in [2.24, 2.45) is 0 Å². The normalized spacial score (nSPS) is 10.2. The van der Waals surface area contributed by atoms with Crippen LogP contribution in [-0.2, 0) is 6.61 Å². The van der Waals surface area contributed by atoms with E-state index in [-0.39, 0.29) is 12.4 Å². The van der Waals surface area contributed by atoms with E-state index in [4.69, 9.17) is 10.5 Å². The molecule has 0 aliphatic carbocycles. The molecular weight excluding hydrogens is 285 g/mol. The predicted molar refractivity (Wildman–Crippen MR) is 69.3 cm³/mol. The predicted octanol–water partition coefficient (Wildman–Crippen LogP) is 3.75. The summed E-state index contributed by atoms with van der Waals surface area (Å²) in [6.45, 7) is 0.282. The Kier molecular flexibility index (Phi) is 3.64. The highest BCUT2D eigenvalue weighted by Crippen LogP contribution is 2.25. The van der Waals surface area contributed by atoms with Gasteiger partial charge in [-0.05, 0) is 29.8 Å². The molecular formula is C13H11BrFNO. The Bertz CT molecular complexity index is 510. The Morgan fingerprint density at radius 2 is 1.94 bits per heavy atom. The maximum absolute atomic E-state index is 13.4. The lowest BCUT2D eigenvalue weighted by molar-refractivity contribution is 0.292. The fourth-order valence-electron chi connectivity index (χ4n) is 1.46. The van der Waals surface area contributed by atoms with Crippen LogP contribution in [0, 0.1) is 5.82 Å². The van der Waals surface area contributed by atoms with Gasteiger partial charge in [-0.2, -0.15) is 0 Å². The minimum atomic E-state index is -0.444. The zero-order chi connectivity index (χ0) is 12.3. The average molecular weight is 296 g/mol. The summed E-state index contributed by atoms with van der Waals surface area (Å²) in [6.07, 6.45) is 0. The Morgan fingerprint density at radius 1 is 1.18 bits per heavy atom. The second-order valence-corrected chi connectivity index (χ2v) is 4.49. The molecule has 0 aliphatic heterocycles. The summed E-state index contributed by atoms with van der Waals surface area (Å²) >= 11 is 3.36. The van der Waals surface area contributed by atoms with Crippen LogP contribution in [0.5, 0.6) is 5.75 Å². The second-order valence-electron chi connectivity index (χ2n) is 3.58. The van der Waals surface area contributed by atoms with Crippen LogP contribution in [0.3, 0.4) is 0 Å². The molecule has 0 unspecified atom stereocenters. The smallest absolute Gasteiger partial charge is 0.178 e. The van der Waals surface area contributed by atoms with Gasteiger partial charge >= 0.3 is 0 Å². The molecule has 0 heterocycles. The van der Waals surface area contributed by atoms with E-state index >= 15 is 0 Å². The third-order valence-corrected chi connectivity index (χ3v) is 2.76. The summed E-state index contributed by atoms with van der Waals surface area (Å²) in [5.74, 6) is -0.340. The van der Waals surface area contributed by atoms with Crippen molar-refractivity contribution >= 4 is 21.6 Å². The van der Waals surface area contributed by atoms with Crippen molar-refractivity contribution in [3.05, 3.63) is 58.3 Å². The Labute approximate surface area is 107 Å². The van der Waals surface area contributed by atoms with E-state index in [0.29, 0.717) is 5.69 Å². The van der Waals surface area contributed by atoms with Crippen molar-refractivity contribution in [3.63, 3.8) is 0 Å². The molecule has 0 fully saturated rings. The highest BCUT2D eigenvalue weighted by atomic mass is 79.9. The first-order valence-corrected chi connectivity index (χ1v) is 5.87. The third-order valence-electron chi connectivity index (χ3n) is 2.27. The Balaban J connectivity index is 2.13. The van der Waals surface area contributed by atoms with Crippen LogP contribution in [-0.4, -0.2) is 0 Å². The van der Waals surface area contributed by atoms with Gasteiger partial charge in [-0.25, -0.2) is 4.39 Å². The van der Waals surface area contributed by atoms with Crippen LogP contribution in [0.1, 0.15) is 5.56 Å². The van der Waals surface area contributed by atoms with E-state index < -0.39 is 5.82 Å². The van der Waals surface area contributed by atoms with Gasteiger partial charge in [-0.1, -0.05) is 34.1 Å². The molecule has 0 bridgehead atoms. The lowest BCUT2D eigenvalue weighted by atomic mass is 10.2. The van der Waals surface area contributed by atoms with Gasteiger partial charge in [0.1, 0.15) is 6.61 Å². The standard InChI is InChI=1S/C13H11BrFNO/c14-10-4-1-3-9(7-10)8-17-13-11(15)5-2-6-12(13)16/h1-7H,8,16H2. The lowest BCUT2D eigenvalue weighted by Crippen LogP contribution is -2.00. The molecule has 0 aromatic heterocycles. The molecule has 0 radical (unpaired) electrons. The number of nitrogen functional groups attached to an aromatic ring is 1. The molecule has 2 rings (SSSR count). The first-order valence-electron chi connectivity index (χ1n) is 5.08. The summed E-state index contributed by atoms with van der Waals surface area (Å²) in [5.41, 5.74) is 6.89. The molecule has 0 atom stereocenters. The van der Waals surface area contributed by atoms with Crippen LogP contribution < -0.4 is 10.5 Å². The van der Waals surface area contributed by atoms with Crippen LogP contribution in [0.4, 0.5) is 10.1 Å². The molecule has 0 saturated carbocycles. The van der Waals surface area contributed by atoms with E-state index in [1.807, 2.05) is 24.3 Å². The third kappa shape index (κ3) is 2.97. The van der Waals surface area contributed by atoms with Crippen molar-refractivity contribution in [3.8, 4) is 5.75 Å². The first-order chi connectivity index (χ1) is 8.16. The number of hydrogen-bond acceptors (Lipinski definition) is 2. The SMILES string of the molecule is Nc1cccc(F)c1OCc1cccc(Br)c1. The average Bonchev–Trinajstić information content (AvgIpc) is 2.28. The number of halogens is 2. The fraction of sp³-hybridized carbons (Fsp3) is 0.0769. The van der Waals surface area contributed by atoms with Gasteiger partial charge in [-0.3, -0.25) is 0 Å². The number of benzene rings is 2. The Hall–Kier alpha value is -1.55. The molecule has 2 N–H and O–H groups in total. The summed E-state index contributed by atoms with van der Waals surface area (Å²) < 4.78 is 19.8. The number of anilines is 1. The van der Waals surface area contributed by atoms with E-state index in [2.05, 4.69) is 15.9 Å². The quantitative estimate of drug-likeness (QED) is 0.875. The van der Waals surface area contributed by atoms with E-state index in [9.17, 15) is 4.39 Å². The summed E-state index contributed by atoms with van der Waals surface area (Å²) in [7, 11) is 0. The van der Waals surface area contributed by atoms with Crippen LogP contribution in [0.2, 0.25) is 0 Å². The van der Waals surface area contributed by atoms with Crippen molar-refractivity contribution in [2.75, 3.05) is 5.73 Å². The van der Waals surface area contributed by atoms with Crippen molar-refractivity contribution in [2.45, 2.75) is 6.61 Å². The molecule has 88 valence electrons. The van der Waals surface area contributed by atoms with Gasteiger partial charge in [0, 0.05) is 4.47 Å². The number of rotatable bonds is 3. The van der Waals surface area contributed by atoms with Crippen molar-refractivity contribution in [1.82, 2.24) is 0 Å². The molecule has 0 saturated heterocycles. The van der Waals surface area contributed by atoms with Crippen LogP contribution in [0.25, 0.3) is 0 Å². The lowest BCUT2D eigenvalue weighted by Gasteiger charge is -2.09. The van der Waals surface area contributed by atoms with Gasteiger partial charge in [0.2, 0.25) is 0 Å². The number of para-hydroxylation sites is 1. The number of hydrogen-bond donors (Lipinski definition) is 1. The second kappa shape index (κ2) is 5.19. The molecule has 0 aliphatic rings. The maximum atomic E-state index is 13.4. The van der Waals surface area contributed by atoms with Crippen molar-refractivity contribution in [1.29, 1.82) is 0 Å². The van der Waals surface area contributed by atoms with Gasteiger partial charge in [0.05, 0.1) is 5.69 Å². The minimum absolute atomic E-state index is 0.104. The zero-order valence-corrected chi connectivity index (χ0v) is 10.6. The van der Waals surface area contributed by atoms with Crippen LogP contribution in [0.15, 0.2) is 46.9 Å². The highest BCUT2D eigenvalue weighted by molar-refractivity contribution is 9.10.